The molecule has 0 saturated carbocycles. The molecule has 0 bridgehead atoms. The molecule has 2 rings (SSSR count). The van der Waals surface area contributed by atoms with Crippen molar-refractivity contribution in [3.05, 3.63) is 42.5 Å². The van der Waals surface area contributed by atoms with Gasteiger partial charge in [0, 0.05) is 12.2 Å². The van der Waals surface area contributed by atoms with Crippen molar-refractivity contribution in [3.8, 4) is 0 Å². The summed E-state index contributed by atoms with van der Waals surface area (Å²) in [6.07, 6.45) is 5.72. The number of hydrogen-bond donors (Lipinski definition) is 1. The highest BCUT2D eigenvalue weighted by molar-refractivity contribution is 5.97. The number of anilines is 1. The van der Waals surface area contributed by atoms with E-state index in [0.717, 1.165) is 18.5 Å². The summed E-state index contributed by atoms with van der Waals surface area (Å²) >= 11 is 0. The third-order valence-corrected chi connectivity index (χ3v) is 2.75. The highest BCUT2D eigenvalue weighted by Gasteiger charge is 2.21. The van der Waals surface area contributed by atoms with Crippen LogP contribution < -0.4 is 10.6 Å². The van der Waals surface area contributed by atoms with Gasteiger partial charge < -0.3 is 10.6 Å². The quantitative estimate of drug-likeness (QED) is 0.726. The molecule has 1 amide bonds. The third kappa shape index (κ3) is 2.31. The Morgan fingerprint density at radius 1 is 1.19 bits per heavy atom. The Bertz CT molecular complexity index is 386. The Morgan fingerprint density at radius 2 is 1.94 bits per heavy atom. The molecule has 2 N–H and O–H groups in total. The monoisotopic (exact) mass is 216 g/mol. The summed E-state index contributed by atoms with van der Waals surface area (Å²) in [6.45, 7) is 0.608. The maximum Gasteiger partial charge on any atom is 0.244 e. The van der Waals surface area contributed by atoms with Gasteiger partial charge in [0.2, 0.25) is 5.91 Å². The Balaban J connectivity index is 2.26. The van der Waals surface area contributed by atoms with E-state index in [2.05, 4.69) is 6.08 Å². The molecule has 0 fully saturated rings. The fraction of sp³-hybridized carbons (Fsp3) is 0.308. The van der Waals surface area contributed by atoms with Crippen LogP contribution in [0.4, 0.5) is 5.69 Å². The lowest BCUT2D eigenvalue weighted by Gasteiger charge is -2.26. The van der Waals surface area contributed by atoms with Crippen molar-refractivity contribution < 1.29 is 4.79 Å². The number of hydrogen-bond acceptors (Lipinski definition) is 2. The van der Waals surface area contributed by atoms with Crippen LogP contribution in [0.3, 0.4) is 0 Å². The number of nitrogens with two attached hydrogens (primary N) is 1. The van der Waals surface area contributed by atoms with E-state index in [1.165, 1.54) is 0 Å². The zero-order chi connectivity index (χ0) is 11.4. The smallest absolute Gasteiger partial charge is 0.244 e. The van der Waals surface area contributed by atoms with E-state index >= 15 is 0 Å². The van der Waals surface area contributed by atoms with Crippen LogP contribution in [0.25, 0.3) is 0 Å². The van der Waals surface area contributed by atoms with Gasteiger partial charge in [-0.25, -0.2) is 0 Å². The maximum atomic E-state index is 12.1. The average molecular weight is 216 g/mol. The number of benzene rings is 1. The molecule has 1 aliphatic rings. The predicted molar refractivity (Wildman–Crippen MR) is 65.1 cm³/mol. The second-order valence-corrected chi connectivity index (χ2v) is 3.94. The number of rotatable bonds is 1. The molecule has 1 heterocycles. The molecular weight excluding hydrogens is 200 g/mol. The minimum atomic E-state index is -0.384. The van der Waals surface area contributed by atoms with Gasteiger partial charge in [-0.2, -0.15) is 0 Å². The molecule has 84 valence electrons. The normalized spacial score (nSPS) is 21.7. The van der Waals surface area contributed by atoms with E-state index in [1.807, 2.05) is 36.4 Å². The lowest BCUT2D eigenvalue weighted by Crippen LogP contribution is -2.44. The summed E-state index contributed by atoms with van der Waals surface area (Å²) in [7, 11) is 0. The van der Waals surface area contributed by atoms with Crippen molar-refractivity contribution in [2.45, 2.75) is 18.9 Å². The molecule has 0 saturated heterocycles. The standard InChI is InChI=1S/C13H16N2O/c14-12-9-5-2-6-10-15(13(12)16)11-7-3-1-4-8-11/h1-4,6-8,12H,5,9-10,14H2. The van der Waals surface area contributed by atoms with E-state index in [9.17, 15) is 4.79 Å². The van der Waals surface area contributed by atoms with Crippen LogP contribution in [-0.2, 0) is 4.79 Å². The second-order valence-electron chi connectivity index (χ2n) is 3.94. The van der Waals surface area contributed by atoms with E-state index in [4.69, 9.17) is 5.73 Å². The van der Waals surface area contributed by atoms with Crippen molar-refractivity contribution in [2.24, 2.45) is 5.73 Å². The molecule has 0 aliphatic carbocycles. The zero-order valence-electron chi connectivity index (χ0n) is 9.17. The SMILES string of the molecule is NC1CCC=CCN(c2ccccc2)C1=O. The van der Waals surface area contributed by atoms with Gasteiger partial charge in [0.25, 0.3) is 0 Å². The summed E-state index contributed by atoms with van der Waals surface area (Å²) in [6, 6.07) is 9.27. The van der Waals surface area contributed by atoms with Gasteiger partial charge in [-0.05, 0) is 25.0 Å². The topological polar surface area (TPSA) is 46.3 Å². The van der Waals surface area contributed by atoms with Crippen molar-refractivity contribution in [1.82, 2.24) is 0 Å². The molecular formula is C13H16N2O. The van der Waals surface area contributed by atoms with Crippen LogP contribution in [0.1, 0.15) is 12.8 Å². The van der Waals surface area contributed by atoms with E-state index in [1.54, 1.807) is 4.90 Å². The third-order valence-electron chi connectivity index (χ3n) is 2.75. The Morgan fingerprint density at radius 3 is 2.69 bits per heavy atom. The summed E-state index contributed by atoms with van der Waals surface area (Å²) < 4.78 is 0. The minimum absolute atomic E-state index is 0.00977. The van der Waals surface area contributed by atoms with Gasteiger partial charge in [-0.15, -0.1) is 0 Å². The molecule has 3 nitrogen and oxygen atoms in total. The summed E-state index contributed by atoms with van der Waals surface area (Å²) in [5, 5.41) is 0. The minimum Gasteiger partial charge on any atom is -0.320 e. The van der Waals surface area contributed by atoms with Crippen LogP contribution in [-0.4, -0.2) is 18.5 Å². The van der Waals surface area contributed by atoms with Crippen molar-refractivity contribution in [2.75, 3.05) is 11.4 Å². The lowest BCUT2D eigenvalue weighted by atomic mass is 10.1. The first-order chi connectivity index (χ1) is 7.79. The lowest BCUT2D eigenvalue weighted by molar-refractivity contribution is -0.119. The summed E-state index contributed by atoms with van der Waals surface area (Å²) in [5.41, 5.74) is 6.76. The Labute approximate surface area is 95.6 Å². The highest BCUT2D eigenvalue weighted by Crippen LogP contribution is 2.16. The van der Waals surface area contributed by atoms with Crippen LogP contribution in [0.2, 0.25) is 0 Å². The molecule has 0 radical (unpaired) electrons. The fourth-order valence-electron chi connectivity index (χ4n) is 1.83. The van der Waals surface area contributed by atoms with E-state index in [-0.39, 0.29) is 11.9 Å². The van der Waals surface area contributed by atoms with Crippen LogP contribution >= 0.6 is 0 Å². The van der Waals surface area contributed by atoms with Gasteiger partial charge in [0.1, 0.15) is 0 Å². The fourth-order valence-corrected chi connectivity index (χ4v) is 1.83. The number of carbonyl (C=O) groups is 1. The van der Waals surface area contributed by atoms with Gasteiger partial charge >= 0.3 is 0 Å². The first kappa shape index (κ1) is 10.9. The van der Waals surface area contributed by atoms with Gasteiger partial charge in [0.15, 0.2) is 0 Å². The van der Waals surface area contributed by atoms with Crippen LogP contribution in [0.15, 0.2) is 42.5 Å². The average Bonchev–Trinajstić information content (AvgIpc) is 2.32. The molecule has 1 atom stereocenters. The highest BCUT2D eigenvalue weighted by atomic mass is 16.2. The largest absolute Gasteiger partial charge is 0.320 e. The maximum absolute atomic E-state index is 12.1. The zero-order valence-corrected chi connectivity index (χ0v) is 9.17. The van der Waals surface area contributed by atoms with Gasteiger partial charge in [0.05, 0.1) is 6.04 Å². The van der Waals surface area contributed by atoms with Gasteiger partial charge in [-0.3, -0.25) is 4.79 Å². The molecule has 1 aromatic rings. The molecule has 16 heavy (non-hydrogen) atoms. The molecule has 1 aromatic carbocycles. The predicted octanol–water partition coefficient (Wildman–Crippen LogP) is 1.70. The number of para-hydroxylation sites is 1. The molecule has 0 aromatic heterocycles. The Hall–Kier alpha value is -1.61. The van der Waals surface area contributed by atoms with Gasteiger partial charge in [-0.1, -0.05) is 30.4 Å². The summed E-state index contributed by atoms with van der Waals surface area (Å²) in [5.74, 6) is 0.00977. The second kappa shape index (κ2) is 4.94. The van der Waals surface area contributed by atoms with E-state index < -0.39 is 0 Å². The van der Waals surface area contributed by atoms with Crippen molar-refractivity contribution >= 4 is 11.6 Å². The molecule has 1 aliphatic heterocycles. The van der Waals surface area contributed by atoms with Crippen molar-refractivity contribution in [1.29, 1.82) is 0 Å². The first-order valence-electron chi connectivity index (χ1n) is 5.56. The number of amides is 1. The Kier molecular flexibility index (Phi) is 3.37. The van der Waals surface area contributed by atoms with E-state index in [0.29, 0.717) is 6.54 Å². The first-order valence-corrected chi connectivity index (χ1v) is 5.56. The number of nitrogens with zero attached hydrogens (tertiary/aromatic N) is 1. The van der Waals surface area contributed by atoms with Crippen LogP contribution in [0, 0.1) is 0 Å². The van der Waals surface area contributed by atoms with Crippen LogP contribution in [0.5, 0.6) is 0 Å². The summed E-state index contributed by atoms with van der Waals surface area (Å²) in [4.78, 5) is 13.8. The molecule has 0 spiro atoms. The molecule has 1 unspecified atom stereocenters. The number of carbonyl (C=O) groups excluding carboxylic acids is 1. The van der Waals surface area contributed by atoms with Crippen molar-refractivity contribution in [3.63, 3.8) is 0 Å². The molecule has 3 heteroatoms. The number of allylic oxidation sites excluding steroid dienone is 1.